The number of anilines is 1. The number of carbonyl (C=O) groups excluding carboxylic acids is 2. The minimum absolute atomic E-state index is 0.0621. The number of hydrogen-bond donors (Lipinski definition) is 3. The lowest BCUT2D eigenvalue weighted by Crippen LogP contribution is -2.41. The Bertz CT molecular complexity index is 867. The fraction of sp³-hybridized carbons (Fsp3) is 0.412. The Labute approximate surface area is 160 Å². The molecule has 3 heterocycles. The molecule has 28 heavy (non-hydrogen) atoms. The third-order valence-corrected chi connectivity index (χ3v) is 4.44. The van der Waals surface area contributed by atoms with Gasteiger partial charge in [0, 0.05) is 45.5 Å². The highest BCUT2D eigenvalue weighted by Gasteiger charge is 2.17. The molecule has 11 nitrogen and oxygen atoms in total. The molecular weight excluding hydrogens is 368 g/mol. The summed E-state index contributed by atoms with van der Waals surface area (Å²) in [6.07, 6.45) is 2.75. The van der Waals surface area contributed by atoms with Crippen LogP contribution >= 0.6 is 0 Å². The molecule has 2 amide bonds. The highest BCUT2D eigenvalue weighted by molar-refractivity contribution is 6.04. The van der Waals surface area contributed by atoms with Crippen molar-refractivity contribution < 1.29 is 19.2 Å². The summed E-state index contributed by atoms with van der Waals surface area (Å²) in [7, 11) is 1.70. The number of aromatic nitrogens is 2. The van der Waals surface area contributed by atoms with E-state index in [4.69, 9.17) is 4.74 Å². The molecular formula is C17H22N6O5. The molecule has 1 fully saturated rings. The van der Waals surface area contributed by atoms with Gasteiger partial charge in [-0.2, -0.15) is 0 Å². The van der Waals surface area contributed by atoms with Crippen LogP contribution in [-0.4, -0.2) is 70.6 Å². The predicted octanol–water partition coefficient (Wildman–Crippen LogP) is 0.576. The van der Waals surface area contributed by atoms with Gasteiger partial charge in [-0.15, -0.1) is 0 Å². The summed E-state index contributed by atoms with van der Waals surface area (Å²) in [4.78, 5) is 39.5. The molecule has 0 saturated carbocycles. The number of nitrogens with one attached hydrogen (secondary N) is 3. The van der Waals surface area contributed by atoms with Crippen LogP contribution in [-0.2, 0) is 11.8 Å². The van der Waals surface area contributed by atoms with E-state index in [1.54, 1.807) is 23.9 Å². The Balaban J connectivity index is 1.54. The van der Waals surface area contributed by atoms with Crippen molar-refractivity contribution >= 4 is 23.2 Å². The Kier molecular flexibility index (Phi) is 6.06. The standard InChI is InChI=1S/C17H22N6O5/c1-21-11-12(20-16(24)14-9-13(10-19-14)23(26)27)8-15(21)17(25)18-2-3-22-4-6-28-7-5-22/h8-11,19H,2-7H2,1H3,(H,18,25)(H,20,24). The van der Waals surface area contributed by atoms with E-state index in [0.29, 0.717) is 31.1 Å². The normalized spacial score (nSPS) is 14.6. The number of H-pyrrole nitrogens is 1. The number of rotatable bonds is 7. The highest BCUT2D eigenvalue weighted by Crippen LogP contribution is 2.16. The van der Waals surface area contributed by atoms with Crippen LogP contribution in [0.15, 0.2) is 24.5 Å². The molecule has 1 saturated heterocycles. The first-order valence-electron chi connectivity index (χ1n) is 8.83. The number of amides is 2. The van der Waals surface area contributed by atoms with E-state index >= 15 is 0 Å². The maximum Gasteiger partial charge on any atom is 0.287 e. The zero-order valence-corrected chi connectivity index (χ0v) is 15.4. The topological polar surface area (TPSA) is 135 Å². The third kappa shape index (κ3) is 4.75. The van der Waals surface area contributed by atoms with Crippen LogP contribution in [0.1, 0.15) is 21.0 Å². The molecule has 3 rings (SSSR count). The molecule has 0 bridgehead atoms. The molecule has 1 aliphatic heterocycles. The van der Waals surface area contributed by atoms with Crippen LogP contribution in [0.3, 0.4) is 0 Å². The van der Waals surface area contributed by atoms with Gasteiger partial charge >= 0.3 is 0 Å². The number of aromatic amines is 1. The quantitative estimate of drug-likeness (QED) is 0.467. The first-order valence-corrected chi connectivity index (χ1v) is 8.83. The van der Waals surface area contributed by atoms with Gasteiger partial charge in [-0.05, 0) is 6.07 Å². The number of aryl methyl sites for hydroxylation is 1. The van der Waals surface area contributed by atoms with E-state index in [1.165, 1.54) is 0 Å². The number of nitro groups is 1. The van der Waals surface area contributed by atoms with Crippen LogP contribution in [0.4, 0.5) is 11.4 Å². The second-order valence-corrected chi connectivity index (χ2v) is 6.42. The number of morpholine rings is 1. The summed E-state index contributed by atoms with van der Waals surface area (Å²) in [6, 6.07) is 2.71. The van der Waals surface area contributed by atoms with E-state index in [2.05, 4.69) is 20.5 Å². The number of ether oxygens (including phenoxy) is 1. The summed E-state index contributed by atoms with van der Waals surface area (Å²) < 4.78 is 6.90. The van der Waals surface area contributed by atoms with Crippen LogP contribution in [0, 0.1) is 10.1 Å². The van der Waals surface area contributed by atoms with Crippen molar-refractivity contribution in [3.63, 3.8) is 0 Å². The molecule has 1 aliphatic rings. The summed E-state index contributed by atoms with van der Waals surface area (Å²) in [5, 5.41) is 16.2. The highest BCUT2D eigenvalue weighted by atomic mass is 16.6. The van der Waals surface area contributed by atoms with Crippen LogP contribution in [0.25, 0.3) is 0 Å². The van der Waals surface area contributed by atoms with Crippen molar-refractivity contribution in [2.75, 3.05) is 44.7 Å². The van der Waals surface area contributed by atoms with Crippen molar-refractivity contribution in [1.29, 1.82) is 0 Å². The zero-order valence-electron chi connectivity index (χ0n) is 15.4. The first kappa shape index (κ1) is 19.6. The SMILES string of the molecule is Cn1cc(NC(=O)c2cc([N+](=O)[O-])c[nH]2)cc1C(=O)NCCN1CCOCC1. The molecule has 0 spiro atoms. The molecule has 0 unspecified atom stereocenters. The lowest BCUT2D eigenvalue weighted by molar-refractivity contribution is -0.384. The van der Waals surface area contributed by atoms with Crippen molar-refractivity contribution in [1.82, 2.24) is 19.8 Å². The molecule has 150 valence electrons. The van der Waals surface area contributed by atoms with E-state index in [0.717, 1.165) is 31.9 Å². The van der Waals surface area contributed by atoms with Gasteiger partial charge < -0.3 is 24.9 Å². The monoisotopic (exact) mass is 390 g/mol. The minimum Gasteiger partial charge on any atom is -0.379 e. The Hall–Kier alpha value is -3.18. The van der Waals surface area contributed by atoms with E-state index in [1.807, 2.05) is 0 Å². The lowest BCUT2D eigenvalue weighted by atomic mass is 10.3. The van der Waals surface area contributed by atoms with Gasteiger partial charge in [-0.25, -0.2) is 0 Å². The predicted molar refractivity (Wildman–Crippen MR) is 100 cm³/mol. The van der Waals surface area contributed by atoms with Crippen molar-refractivity contribution in [2.45, 2.75) is 0 Å². The second-order valence-electron chi connectivity index (χ2n) is 6.42. The number of hydrogen-bond acceptors (Lipinski definition) is 6. The van der Waals surface area contributed by atoms with Crippen LogP contribution in [0.2, 0.25) is 0 Å². The molecule has 0 aromatic carbocycles. The summed E-state index contributed by atoms with van der Waals surface area (Å²) in [5.74, 6) is -0.773. The van der Waals surface area contributed by atoms with Crippen LogP contribution < -0.4 is 10.6 Å². The van der Waals surface area contributed by atoms with E-state index < -0.39 is 10.8 Å². The summed E-state index contributed by atoms with van der Waals surface area (Å²) in [6.45, 7) is 4.38. The fourth-order valence-corrected chi connectivity index (χ4v) is 2.92. The maximum atomic E-state index is 12.4. The van der Waals surface area contributed by atoms with E-state index in [-0.39, 0.29) is 17.3 Å². The maximum absolute atomic E-state index is 12.4. The van der Waals surface area contributed by atoms with Gasteiger partial charge in [0.1, 0.15) is 11.4 Å². The average molecular weight is 390 g/mol. The molecule has 0 radical (unpaired) electrons. The molecule has 11 heteroatoms. The molecule has 2 aromatic rings. The molecule has 2 aromatic heterocycles. The van der Waals surface area contributed by atoms with Gasteiger partial charge in [0.25, 0.3) is 17.5 Å². The second kappa shape index (κ2) is 8.67. The average Bonchev–Trinajstić information content (AvgIpc) is 3.30. The zero-order chi connectivity index (χ0) is 20.1. The lowest BCUT2D eigenvalue weighted by Gasteiger charge is -2.26. The molecule has 0 atom stereocenters. The van der Waals surface area contributed by atoms with Crippen molar-refractivity contribution in [2.24, 2.45) is 7.05 Å². The van der Waals surface area contributed by atoms with Gasteiger partial charge in [0.05, 0.1) is 30.0 Å². The summed E-state index contributed by atoms with van der Waals surface area (Å²) in [5.41, 5.74) is 0.684. The van der Waals surface area contributed by atoms with Gasteiger partial charge in [-0.1, -0.05) is 0 Å². The summed E-state index contributed by atoms with van der Waals surface area (Å²) >= 11 is 0. The van der Waals surface area contributed by atoms with Crippen LogP contribution in [0.5, 0.6) is 0 Å². The Morgan fingerprint density at radius 1 is 1.29 bits per heavy atom. The van der Waals surface area contributed by atoms with Crippen molar-refractivity contribution in [3.8, 4) is 0 Å². The molecule has 3 N–H and O–H groups in total. The van der Waals surface area contributed by atoms with Gasteiger partial charge in [0.15, 0.2) is 0 Å². The van der Waals surface area contributed by atoms with Gasteiger partial charge in [0.2, 0.25) is 0 Å². The van der Waals surface area contributed by atoms with E-state index in [9.17, 15) is 19.7 Å². The Morgan fingerprint density at radius 2 is 2.04 bits per heavy atom. The largest absolute Gasteiger partial charge is 0.379 e. The Morgan fingerprint density at radius 3 is 2.71 bits per heavy atom. The molecule has 0 aliphatic carbocycles. The third-order valence-electron chi connectivity index (χ3n) is 4.44. The van der Waals surface area contributed by atoms with Crippen molar-refractivity contribution in [3.05, 3.63) is 46.0 Å². The van der Waals surface area contributed by atoms with Gasteiger partial charge in [-0.3, -0.25) is 24.6 Å². The minimum atomic E-state index is -0.588. The first-order chi connectivity index (χ1) is 13.4. The number of carbonyl (C=O) groups is 2. The smallest absolute Gasteiger partial charge is 0.287 e. The fourth-order valence-electron chi connectivity index (χ4n) is 2.92. The number of nitrogens with zero attached hydrogens (tertiary/aromatic N) is 3.